The molecule has 2 rings (SSSR count). The van der Waals surface area contributed by atoms with Crippen molar-refractivity contribution in [1.29, 1.82) is 0 Å². The summed E-state index contributed by atoms with van der Waals surface area (Å²) < 4.78 is 0. The second-order valence-electron chi connectivity index (χ2n) is 5.46. The molecule has 0 spiro atoms. The second-order valence-corrected chi connectivity index (χ2v) is 5.46. The molecule has 2 atom stereocenters. The Bertz CT molecular complexity index is 393. The van der Waals surface area contributed by atoms with Crippen LogP contribution in [-0.4, -0.2) is 53.6 Å². The number of nitrogens with zero attached hydrogens (tertiary/aromatic N) is 1. The number of carbonyl (C=O) groups is 3. The van der Waals surface area contributed by atoms with E-state index in [1.54, 1.807) is 4.90 Å². The maximum Gasteiger partial charge on any atom is 0.315 e. The third-order valence-corrected chi connectivity index (χ3v) is 3.98. The molecule has 7 nitrogen and oxygen atoms in total. The number of carboxylic acid groups (broad SMARTS) is 1. The van der Waals surface area contributed by atoms with Gasteiger partial charge in [-0.3, -0.25) is 9.59 Å². The maximum absolute atomic E-state index is 11.7. The highest BCUT2D eigenvalue weighted by Crippen LogP contribution is 2.25. The number of hydrogen-bond acceptors (Lipinski definition) is 3. The fraction of sp³-hybridized carbons (Fsp3) is 0.769. The third kappa shape index (κ3) is 3.85. The maximum atomic E-state index is 11.7. The summed E-state index contributed by atoms with van der Waals surface area (Å²) in [5.74, 6) is -1.24. The van der Waals surface area contributed by atoms with Gasteiger partial charge in [-0.1, -0.05) is 0 Å². The summed E-state index contributed by atoms with van der Waals surface area (Å²) in [5.41, 5.74) is 0. The normalized spacial score (nSPS) is 25.5. The first-order valence-electron chi connectivity index (χ1n) is 7.11. The van der Waals surface area contributed by atoms with Gasteiger partial charge in [0.25, 0.3) is 0 Å². The van der Waals surface area contributed by atoms with Gasteiger partial charge in [0.15, 0.2) is 0 Å². The molecule has 112 valence electrons. The summed E-state index contributed by atoms with van der Waals surface area (Å²) in [4.78, 5) is 36.0. The second kappa shape index (κ2) is 6.58. The number of hydrogen-bond donors (Lipinski definition) is 3. The average molecular weight is 283 g/mol. The van der Waals surface area contributed by atoms with Crippen LogP contribution in [0, 0.1) is 5.92 Å². The van der Waals surface area contributed by atoms with Crippen molar-refractivity contribution >= 4 is 17.9 Å². The molecule has 1 aliphatic heterocycles. The highest BCUT2D eigenvalue weighted by molar-refractivity contribution is 5.84. The highest BCUT2D eigenvalue weighted by atomic mass is 16.4. The monoisotopic (exact) mass is 283 g/mol. The number of carboxylic acids is 1. The fourth-order valence-corrected chi connectivity index (χ4v) is 2.81. The van der Waals surface area contributed by atoms with E-state index >= 15 is 0 Å². The van der Waals surface area contributed by atoms with E-state index in [0.29, 0.717) is 19.3 Å². The van der Waals surface area contributed by atoms with E-state index in [1.165, 1.54) is 0 Å². The number of carbonyl (C=O) groups excluding carboxylic acids is 2. The van der Waals surface area contributed by atoms with Crippen LogP contribution in [-0.2, 0) is 9.59 Å². The number of urea groups is 1. The molecule has 0 radical (unpaired) electrons. The van der Waals surface area contributed by atoms with E-state index in [4.69, 9.17) is 5.11 Å². The lowest BCUT2D eigenvalue weighted by Gasteiger charge is -2.17. The summed E-state index contributed by atoms with van der Waals surface area (Å²) in [6.07, 6.45) is 3.77. The summed E-state index contributed by atoms with van der Waals surface area (Å²) in [6.45, 7) is 1.54. The predicted octanol–water partition coefficient (Wildman–Crippen LogP) is 0.161. The SMILES string of the molecule is O=C(NCC(=O)N1CCCC1)NC1CCC(C(=O)O)C1. The van der Waals surface area contributed by atoms with Crippen LogP contribution in [0.3, 0.4) is 0 Å². The van der Waals surface area contributed by atoms with Crippen molar-refractivity contribution in [3.63, 3.8) is 0 Å². The smallest absolute Gasteiger partial charge is 0.315 e. The van der Waals surface area contributed by atoms with Gasteiger partial charge in [-0.25, -0.2) is 4.79 Å². The van der Waals surface area contributed by atoms with E-state index in [2.05, 4.69) is 10.6 Å². The Hall–Kier alpha value is -1.79. The Morgan fingerprint density at radius 3 is 2.45 bits per heavy atom. The van der Waals surface area contributed by atoms with E-state index in [1.807, 2.05) is 0 Å². The lowest BCUT2D eigenvalue weighted by molar-refractivity contribution is -0.141. The minimum Gasteiger partial charge on any atom is -0.481 e. The van der Waals surface area contributed by atoms with Crippen LogP contribution < -0.4 is 10.6 Å². The van der Waals surface area contributed by atoms with Gasteiger partial charge in [0.2, 0.25) is 5.91 Å². The Kier molecular flexibility index (Phi) is 4.81. The van der Waals surface area contributed by atoms with E-state index in [-0.39, 0.29) is 24.4 Å². The van der Waals surface area contributed by atoms with Gasteiger partial charge in [0.05, 0.1) is 12.5 Å². The standard InChI is InChI=1S/C13H21N3O4/c17-11(16-5-1-2-6-16)8-14-13(20)15-10-4-3-9(7-10)12(18)19/h9-10H,1-8H2,(H,18,19)(H2,14,15,20). The molecule has 2 aliphatic rings. The molecule has 0 aromatic carbocycles. The third-order valence-electron chi connectivity index (χ3n) is 3.98. The van der Waals surface area contributed by atoms with E-state index < -0.39 is 12.0 Å². The van der Waals surface area contributed by atoms with Gasteiger partial charge in [0.1, 0.15) is 0 Å². The van der Waals surface area contributed by atoms with Gasteiger partial charge in [0, 0.05) is 19.1 Å². The minimum absolute atomic E-state index is 0.000905. The summed E-state index contributed by atoms with van der Waals surface area (Å²) in [7, 11) is 0. The van der Waals surface area contributed by atoms with Crippen molar-refractivity contribution in [2.24, 2.45) is 5.92 Å². The Morgan fingerprint density at radius 2 is 1.85 bits per heavy atom. The molecule has 2 fully saturated rings. The quantitative estimate of drug-likeness (QED) is 0.684. The topological polar surface area (TPSA) is 98.7 Å². The molecule has 2 unspecified atom stereocenters. The first-order valence-corrected chi connectivity index (χ1v) is 7.11. The zero-order valence-corrected chi connectivity index (χ0v) is 11.4. The lowest BCUT2D eigenvalue weighted by atomic mass is 10.1. The van der Waals surface area contributed by atoms with E-state index in [0.717, 1.165) is 25.9 Å². The number of amides is 3. The van der Waals surface area contributed by atoms with Crippen molar-refractivity contribution < 1.29 is 19.5 Å². The molecule has 1 heterocycles. The van der Waals surface area contributed by atoms with Crippen molar-refractivity contribution in [3.8, 4) is 0 Å². The van der Waals surface area contributed by atoms with Gasteiger partial charge in [-0.05, 0) is 32.1 Å². The van der Waals surface area contributed by atoms with Crippen molar-refractivity contribution in [3.05, 3.63) is 0 Å². The average Bonchev–Trinajstić information content (AvgIpc) is 3.06. The largest absolute Gasteiger partial charge is 0.481 e. The predicted molar refractivity (Wildman–Crippen MR) is 71.1 cm³/mol. The van der Waals surface area contributed by atoms with Crippen LogP contribution in [0.25, 0.3) is 0 Å². The van der Waals surface area contributed by atoms with Crippen molar-refractivity contribution in [2.75, 3.05) is 19.6 Å². The first kappa shape index (κ1) is 14.6. The number of aliphatic carboxylic acids is 1. The van der Waals surface area contributed by atoms with Crippen LogP contribution in [0.4, 0.5) is 4.79 Å². The Balaban J connectivity index is 1.65. The van der Waals surface area contributed by atoms with Crippen LogP contribution in [0.5, 0.6) is 0 Å². The van der Waals surface area contributed by atoms with Crippen molar-refractivity contribution in [2.45, 2.75) is 38.1 Å². The highest BCUT2D eigenvalue weighted by Gasteiger charge is 2.30. The molecule has 0 aromatic rings. The Labute approximate surface area is 117 Å². The summed E-state index contributed by atoms with van der Waals surface area (Å²) in [6, 6.07) is -0.508. The molecule has 0 aromatic heterocycles. The molecule has 3 N–H and O–H groups in total. The first-order chi connectivity index (χ1) is 9.56. The molecule has 1 saturated heterocycles. The number of rotatable bonds is 4. The molecule has 1 aliphatic carbocycles. The zero-order chi connectivity index (χ0) is 14.5. The van der Waals surface area contributed by atoms with E-state index in [9.17, 15) is 14.4 Å². The molecule has 3 amide bonds. The molecule has 1 saturated carbocycles. The van der Waals surface area contributed by atoms with Crippen LogP contribution >= 0.6 is 0 Å². The molecule has 7 heteroatoms. The van der Waals surface area contributed by atoms with Crippen LogP contribution in [0.1, 0.15) is 32.1 Å². The van der Waals surface area contributed by atoms with Gasteiger partial charge in [-0.15, -0.1) is 0 Å². The van der Waals surface area contributed by atoms with Crippen molar-refractivity contribution in [1.82, 2.24) is 15.5 Å². The molecule has 20 heavy (non-hydrogen) atoms. The number of nitrogens with one attached hydrogen (secondary N) is 2. The lowest BCUT2D eigenvalue weighted by Crippen LogP contribution is -2.45. The summed E-state index contributed by atoms with van der Waals surface area (Å²) >= 11 is 0. The van der Waals surface area contributed by atoms with Crippen LogP contribution in [0.15, 0.2) is 0 Å². The minimum atomic E-state index is -0.807. The van der Waals surface area contributed by atoms with Gasteiger partial charge >= 0.3 is 12.0 Å². The molecular formula is C13H21N3O4. The molecular weight excluding hydrogens is 262 g/mol. The van der Waals surface area contributed by atoms with Gasteiger partial charge in [-0.2, -0.15) is 0 Å². The van der Waals surface area contributed by atoms with Crippen LogP contribution in [0.2, 0.25) is 0 Å². The molecule has 0 bridgehead atoms. The zero-order valence-electron chi connectivity index (χ0n) is 11.4. The van der Waals surface area contributed by atoms with Gasteiger partial charge < -0.3 is 20.6 Å². The fourth-order valence-electron chi connectivity index (χ4n) is 2.81. The summed E-state index contributed by atoms with van der Waals surface area (Å²) in [5, 5.41) is 14.2. The number of likely N-dealkylation sites (tertiary alicyclic amines) is 1. The Morgan fingerprint density at radius 1 is 1.15 bits per heavy atom.